The van der Waals surface area contributed by atoms with E-state index in [1.807, 2.05) is 19.2 Å². The molecule has 0 radical (unpaired) electrons. The van der Waals surface area contributed by atoms with Crippen LogP contribution in [0.4, 0.5) is 10.1 Å². The Balaban J connectivity index is 1.37. The molecule has 0 atom stereocenters. The Morgan fingerprint density at radius 1 is 1.20 bits per heavy atom. The molecule has 0 saturated carbocycles. The van der Waals surface area contributed by atoms with Gasteiger partial charge in [-0.1, -0.05) is 23.7 Å². The molecule has 0 spiro atoms. The monoisotopic (exact) mass is 443 g/mol. The molecule has 0 N–H and O–H groups in total. The van der Waals surface area contributed by atoms with Crippen LogP contribution in [0.15, 0.2) is 42.5 Å². The first-order chi connectivity index (χ1) is 14.5. The summed E-state index contributed by atoms with van der Waals surface area (Å²) in [5, 5.41) is 1.44. The predicted molar refractivity (Wildman–Crippen MR) is 116 cm³/mol. The van der Waals surface area contributed by atoms with Crippen LogP contribution in [0.1, 0.15) is 15.4 Å². The van der Waals surface area contributed by atoms with Crippen LogP contribution in [-0.2, 0) is 6.42 Å². The van der Waals surface area contributed by atoms with Crippen LogP contribution >= 0.6 is 22.9 Å². The summed E-state index contributed by atoms with van der Waals surface area (Å²) in [7, 11) is 1.99. The Morgan fingerprint density at radius 3 is 2.67 bits per heavy atom. The molecule has 1 fully saturated rings. The summed E-state index contributed by atoms with van der Waals surface area (Å²) < 4.78 is 20.3. The first kappa shape index (κ1) is 19.5. The van der Waals surface area contributed by atoms with Crippen molar-refractivity contribution in [2.24, 2.45) is 0 Å². The molecule has 8 heteroatoms. The van der Waals surface area contributed by atoms with Gasteiger partial charge in [0.1, 0.15) is 16.0 Å². The molecule has 3 heterocycles. The van der Waals surface area contributed by atoms with E-state index in [0.29, 0.717) is 28.6 Å². The lowest BCUT2D eigenvalue weighted by molar-refractivity contribution is 0.0361. The first-order valence-corrected chi connectivity index (χ1v) is 10.9. The van der Waals surface area contributed by atoms with Crippen molar-refractivity contribution in [1.82, 2.24) is 9.88 Å². The average molecular weight is 444 g/mol. The summed E-state index contributed by atoms with van der Waals surface area (Å²) in [6.07, 6.45) is 0.636. The van der Waals surface area contributed by atoms with E-state index in [4.69, 9.17) is 16.3 Å². The molecule has 0 aliphatic carbocycles. The van der Waals surface area contributed by atoms with Gasteiger partial charge < -0.3 is 9.64 Å². The Morgan fingerprint density at radius 2 is 1.97 bits per heavy atom. The maximum atomic E-state index is 14.6. The number of anilines is 1. The Labute approximate surface area is 182 Å². The summed E-state index contributed by atoms with van der Waals surface area (Å²) in [6.45, 7) is 2.04. The topological polar surface area (TPSA) is 45.7 Å². The molecule has 2 aliphatic rings. The van der Waals surface area contributed by atoms with Gasteiger partial charge in [0.2, 0.25) is 0 Å². The fourth-order valence-electron chi connectivity index (χ4n) is 3.74. The molecule has 2 aliphatic heterocycles. The molecule has 1 saturated heterocycles. The number of fused-ring (bicyclic) bond motifs is 1. The van der Waals surface area contributed by atoms with E-state index in [9.17, 15) is 9.18 Å². The van der Waals surface area contributed by atoms with Gasteiger partial charge in [0, 0.05) is 48.4 Å². The smallest absolute Gasteiger partial charge is 0.270 e. The van der Waals surface area contributed by atoms with E-state index in [0.717, 1.165) is 29.4 Å². The zero-order valence-corrected chi connectivity index (χ0v) is 17.8. The summed E-state index contributed by atoms with van der Waals surface area (Å²) in [5.41, 5.74) is 2.25. The fourth-order valence-corrected chi connectivity index (χ4v) is 4.93. The van der Waals surface area contributed by atoms with Gasteiger partial charge in [-0.25, -0.2) is 9.37 Å². The highest BCUT2D eigenvalue weighted by Crippen LogP contribution is 2.35. The van der Waals surface area contributed by atoms with E-state index < -0.39 is 5.82 Å². The highest BCUT2D eigenvalue weighted by molar-refractivity contribution is 7.17. The molecule has 5 nitrogen and oxygen atoms in total. The Bertz CT molecular complexity index is 1110. The van der Waals surface area contributed by atoms with Crippen molar-refractivity contribution in [3.63, 3.8) is 0 Å². The number of hydrogen-bond donors (Lipinski definition) is 0. The fraction of sp³-hybridized carbons (Fsp3) is 0.273. The number of likely N-dealkylation sites (tertiary alicyclic amines) is 1. The molecule has 0 unspecified atom stereocenters. The normalized spacial score (nSPS) is 17.0. The third-order valence-electron chi connectivity index (χ3n) is 5.35. The number of ether oxygens (including phenoxy) is 1. The number of hydrogen-bond acceptors (Lipinski definition) is 5. The minimum atomic E-state index is -0.452. The molecule has 2 aromatic carbocycles. The predicted octanol–water partition coefficient (Wildman–Crippen LogP) is 4.50. The number of rotatable bonds is 4. The lowest BCUT2D eigenvalue weighted by atomic mass is 10.1. The third-order valence-corrected chi connectivity index (χ3v) is 6.74. The lowest BCUT2D eigenvalue weighted by Gasteiger charge is -2.36. The Kier molecular flexibility index (Phi) is 4.97. The number of halogens is 2. The van der Waals surface area contributed by atoms with Gasteiger partial charge in [-0.2, -0.15) is 0 Å². The number of benzene rings is 2. The molecule has 154 valence electrons. The van der Waals surface area contributed by atoms with Gasteiger partial charge >= 0.3 is 0 Å². The Hall–Kier alpha value is -2.48. The number of amides is 1. The maximum Gasteiger partial charge on any atom is 0.270 e. The summed E-state index contributed by atoms with van der Waals surface area (Å²) in [6, 6.07) is 12.1. The average Bonchev–Trinajstić information content (AvgIpc) is 3.14. The number of aromatic nitrogens is 1. The number of likely N-dealkylation sites (N-methyl/N-ethyl adjacent to an activating group) is 1. The van der Waals surface area contributed by atoms with Gasteiger partial charge in [-0.3, -0.25) is 9.69 Å². The molecule has 0 bridgehead atoms. The van der Waals surface area contributed by atoms with Gasteiger partial charge in [0.05, 0.1) is 5.69 Å². The van der Waals surface area contributed by atoms with Crippen LogP contribution < -0.4 is 9.64 Å². The largest absolute Gasteiger partial charge is 0.485 e. The molecular weight excluding hydrogens is 425 g/mol. The second-order valence-electron chi connectivity index (χ2n) is 7.58. The van der Waals surface area contributed by atoms with Crippen LogP contribution in [-0.4, -0.2) is 48.6 Å². The van der Waals surface area contributed by atoms with Crippen molar-refractivity contribution in [3.8, 4) is 16.3 Å². The van der Waals surface area contributed by atoms with E-state index in [1.165, 1.54) is 17.4 Å². The van der Waals surface area contributed by atoms with Crippen molar-refractivity contribution in [3.05, 3.63) is 63.9 Å². The third kappa shape index (κ3) is 3.57. The summed E-state index contributed by atoms with van der Waals surface area (Å²) in [4.78, 5) is 22.1. The number of nitrogens with zero attached hydrogens (tertiary/aromatic N) is 3. The molecule has 3 aromatic rings. The standard InChI is InChI=1S/C22H19ClFN3O2S/c1-26-11-16(12-26)29-19-7-6-15(10-17(19)24)27-9-8-18-20(22(27)28)30-21(25-18)13-2-4-14(23)5-3-13/h2-7,10,16H,8-9,11-12H2,1H3. The second-order valence-corrected chi connectivity index (χ2v) is 9.02. The van der Waals surface area contributed by atoms with E-state index in [2.05, 4.69) is 9.88 Å². The highest BCUT2D eigenvalue weighted by atomic mass is 35.5. The number of thiazole rings is 1. The van der Waals surface area contributed by atoms with Gasteiger partial charge in [0.25, 0.3) is 5.91 Å². The van der Waals surface area contributed by atoms with Gasteiger partial charge in [0.15, 0.2) is 11.6 Å². The van der Waals surface area contributed by atoms with Crippen LogP contribution in [0.3, 0.4) is 0 Å². The summed E-state index contributed by atoms with van der Waals surface area (Å²) in [5.74, 6) is -0.376. The van der Waals surface area contributed by atoms with Crippen LogP contribution in [0.2, 0.25) is 5.02 Å². The maximum absolute atomic E-state index is 14.6. The highest BCUT2D eigenvalue weighted by Gasteiger charge is 2.31. The van der Waals surface area contributed by atoms with Crippen LogP contribution in [0, 0.1) is 5.82 Å². The van der Waals surface area contributed by atoms with Gasteiger partial charge in [-0.05, 0) is 31.3 Å². The van der Waals surface area contributed by atoms with Gasteiger partial charge in [-0.15, -0.1) is 11.3 Å². The molecule has 5 rings (SSSR count). The molecule has 30 heavy (non-hydrogen) atoms. The number of carbonyl (C=O) groups excluding carboxylic acids is 1. The van der Waals surface area contributed by atoms with E-state index >= 15 is 0 Å². The van der Waals surface area contributed by atoms with Crippen LogP contribution in [0.5, 0.6) is 5.75 Å². The minimum Gasteiger partial charge on any atom is -0.485 e. The first-order valence-electron chi connectivity index (χ1n) is 9.70. The number of carbonyl (C=O) groups is 1. The van der Waals surface area contributed by atoms with Crippen molar-refractivity contribution < 1.29 is 13.9 Å². The van der Waals surface area contributed by atoms with Crippen molar-refractivity contribution >= 4 is 34.5 Å². The zero-order valence-electron chi connectivity index (χ0n) is 16.3. The molecular formula is C22H19ClFN3O2S. The van der Waals surface area contributed by atoms with Crippen molar-refractivity contribution in [1.29, 1.82) is 0 Å². The lowest BCUT2D eigenvalue weighted by Crippen LogP contribution is -2.51. The second kappa shape index (κ2) is 7.65. The molecule has 1 amide bonds. The van der Waals surface area contributed by atoms with Crippen LogP contribution in [0.25, 0.3) is 10.6 Å². The molecule has 1 aromatic heterocycles. The quantitative estimate of drug-likeness (QED) is 0.595. The van der Waals surface area contributed by atoms with Crippen molar-refractivity contribution in [2.75, 3.05) is 31.6 Å². The SMILES string of the molecule is CN1CC(Oc2ccc(N3CCc4nc(-c5ccc(Cl)cc5)sc4C3=O)cc2F)C1. The minimum absolute atomic E-state index is 0.0120. The van der Waals surface area contributed by atoms with E-state index in [1.54, 1.807) is 29.2 Å². The van der Waals surface area contributed by atoms with E-state index in [-0.39, 0.29) is 17.8 Å². The zero-order chi connectivity index (χ0) is 20.8. The summed E-state index contributed by atoms with van der Waals surface area (Å²) >= 11 is 7.32. The van der Waals surface area contributed by atoms with Crippen molar-refractivity contribution in [2.45, 2.75) is 12.5 Å².